The molecule has 8 bridgehead atoms. The number of hydrogen-bond donors (Lipinski definition) is 2. The number of aromatic hydroxyl groups is 1. The molecule has 2 N–H and O–H groups in total. The maximum atomic E-state index is 10.4. The van der Waals surface area contributed by atoms with Gasteiger partial charge in [-0.3, -0.25) is 0 Å². The summed E-state index contributed by atoms with van der Waals surface area (Å²) in [6, 6.07) is 3.60. The fraction of sp³-hybridized carbons (Fsp3) is 0. The first-order valence-electron chi connectivity index (χ1n) is 7.91. The van der Waals surface area contributed by atoms with Gasteiger partial charge in [-0.25, -0.2) is 15.0 Å². The Kier molecular flexibility index (Phi) is 2.96. The quantitative estimate of drug-likeness (QED) is 0.706. The first-order chi connectivity index (χ1) is 12.6. The number of aromatic nitrogens is 2. The zero-order valence-corrected chi connectivity index (χ0v) is 13.4. The van der Waals surface area contributed by atoms with E-state index in [0.29, 0.717) is 39.2 Å². The van der Waals surface area contributed by atoms with Gasteiger partial charge in [-0.1, -0.05) is 0 Å². The van der Waals surface area contributed by atoms with Gasteiger partial charge in [0.05, 0.1) is 33.5 Å². The third kappa shape index (κ3) is 2.42. The van der Waals surface area contributed by atoms with Crippen molar-refractivity contribution in [1.82, 2.24) is 9.71 Å². The Bertz CT molecular complexity index is 1250. The van der Waals surface area contributed by atoms with E-state index in [1.807, 2.05) is 12.2 Å². The van der Waals surface area contributed by atoms with Crippen LogP contribution < -0.4 is 10.7 Å². The van der Waals surface area contributed by atoms with Crippen molar-refractivity contribution in [2.75, 3.05) is 0 Å². The van der Waals surface area contributed by atoms with E-state index in [4.69, 9.17) is 4.42 Å². The Morgan fingerprint density at radius 2 is 1.42 bits per heavy atom. The summed E-state index contributed by atoms with van der Waals surface area (Å²) in [5.74, 6) is -0.0300. The van der Waals surface area contributed by atoms with Gasteiger partial charge in [-0.2, -0.15) is 4.73 Å². The third-order valence-corrected chi connectivity index (χ3v) is 4.08. The molecule has 126 valence electrons. The van der Waals surface area contributed by atoms with Crippen LogP contribution >= 0.6 is 0 Å². The molecule has 2 aromatic heterocycles. The highest BCUT2D eigenvalue weighted by molar-refractivity contribution is 6.20. The maximum absolute atomic E-state index is 10.4. The molecule has 3 aliphatic rings. The highest BCUT2D eigenvalue weighted by Crippen LogP contribution is 2.25. The lowest BCUT2D eigenvalue weighted by Crippen LogP contribution is -2.25. The second-order valence-electron chi connectivity index (χ2n) is 5.90. The van der Waals surface area contributed by atoms with Gasteiger partial charge in [-0.05, 0) is 54.7 Å². The number of oxazole rings is 1. The number of hydrogen-bond acceptors (Lipinski definition) is 6. The van der Waals surface area contributed by atoms with Gasteiger partial charge in [0, 0.05) is 6.08 Å². The Morgan fingerprint density at radius 3 is 2.08 bits per heavy atom. The molecule has 0 saturated carbocycles. The van der Waals surface area contributed by atoms with Gasteiger partial charge in [-0.15, -0.1) is 0 Å². The molecular formula is C19H12N4O3. The van der Waals surface area contributed by atoms with Crippen LogP contribution in [0.15, 0.2) is 62.2 Å². The van der Waals surface area contributed by atoms with Crippen LogP contribution in [-0.2, 0) is 0 Å². The zero-order valence-electron chi connectivity index (χ0n) is 13.4. The van der Waals surface area contributed by atoms with E-state index >= 15 is 0 Å². The van der Waals surface area contributed by atoms with Crippen LogP contribution in [0.5, 0.6) is 5.95 Å². The molecule has 0 spiro atoms. The van der Waals surface area contributed by atoms with Gasteiger partial charge in [0.2, 0.25) is 5.89 Å². The zero-order chi connectivity index (χ0) is 17.7. The normalized spacial score (nSPS) is 17.2. The molecule has 0 aliphatic carbocycles. The lowest BCUT2D eigenvalue weighted by atomic mass is 10.3. The third-order valence-electron chi connectivity index (χ3n) is 4.08. The molecule has 0 atom stereocenters. The number of fused-ring (bicyclic) bond motifs is 6. The summed E-state index contributed by atoms with van der Waals surface area (Å²) in [6.45, 7) is 0. The van der Waals surface area contributed by atoms with Crippen molar-refractivity contribution in [1.29, 1.82) is 0 Å². The van der Waals surface area contributed by atoms with Crippen molar-refractivity contribution in [3.63, 3.8) is 0 Å². The molecule has 0 unspecified atom stereocenters. The van der Waals surface area contributed by atoms with E-state index in [-0.39, 0.29) is 11.8 Å². The predicted octanol–water partition coefficient (Wildman–Crippen LogP) is 1.40. The molecule has 0 radical (unpaired) electrons. The van der Waals surface area contributed by atoms with Crippen LogP contribution in [-0.4, -0.2) is 31.5 Å². The summed E-state index contributed by atoms with van der Waals surface area (Å²) in [7, 11) is 0. The average Bonchev–Trinajstić information content (AvgIpc) is 3.36. The lowest BCUT2D eigenvalue weighted by Gasteiger charge is -1.94. The number of nitrogens with zero attached hydrogens (tertiary/aromatic N) is 4. The second-order valence-corrected chi connectivity index (χ2v) is 5.90. The minimum atomic E-state index is -0.277. The minimum absolute atomic E-state index is 0.247. The molecule has 0 fully saturated rings. The lowest BCUT2D eigenvalue weighted by molar-refractivity contribution is 0.171. The standard InChI is InChI=1S/C19H12N4O3/c24-19-17-9-13-3-1-11(20-13)7-15-5-6-16(23(15)25)8-12-2-4-14(21-12)10-18(22-17)26-19/h1-10,24-25H. The van der Waals surface area contributed by atoms with Crippen LogP contribution in [0.3, 0.4) is 0 Å². The van der Waals surface area contributed by atoms with Crippen molar-refractivity contribution >= 4 is 35.7 Å². The minimum Gasteiger partial charge on any atom is -0.479 e. The largest absolute Gasteiger partial charge is 0.479 e. The van der Waals surface area contributed by atoms with E-state index in [0.717, 1.165) is 4.73 Å². The van der Waals surface area contributed by atoms with Crippen molar-refractivity contribution in [3.8, 4) is 5.95 Å². The Hall–Kier alpha value is -3.87. The van der Waals surface area contributed by atoms with E-state index < -0.39 is 0 Å². The first-order valence-corrected chi connectivity index (χ1v) is 7.91. The van der Waals surface area contributed by atoms with Crippen LogP contribution in [0, 0.1) is 0 Å². The van der Waals surface area contributed by atoms with Gasteiger partial charge in [0.15, 0.2) is 0 Å². The first kappa shape index (κ1) is 14.5. The van der Waals surface area contributed by atoms with Gasteiger partial charge in [0.25, 0.3) is 0 Å². The maximum Gasteiger partial charge on any atom is 0.310 e. The molecule has 0 aromatic carbocycles. The Balaban J connectivity index is 1.76. The molecule has 7 nitrogen and oxygen atoms in total. The van der Waals surface area contributed by atoms with Crippen molar-refractivity contribution in [2.24, 2.45) is 9.98 Å². The second kappa shape index (κ2) is 5.32. The summed E-state index contributed by atoms with van der Waals surface area (Å²) < 4.78 is 6.37. The molecule has 3 aliphatic heterocycles. The summed E-state index contributed by atoms with van der Waals surface area (Å²) in [5, 5.41) is 21.5. The Morgan fingerprint density at radius 1 is 0.808 bits per heavy atom. The highest BCUT2D eigenvalue weighted by Gasteiger charge is 2.13. The van der Waals surface area contributed by atoms with Crippen molar-refractivity contribution in [3.05, 3.63) is 70.1 Å². The van der Waals surface area contributed by atoms with Crippen LogP contribution in [0.4, 0.5) is 0 Å². The highest BCUT2D eigenvalue weighted by atomic mass is 16.5. The monoisotopic (exact) mass is 344 g/mol. The number of rotatable bonds is 0. The van der Waals surface area contributed by atoms with E-state index in [1.165, 1.54) is 0 Å². The molecular weight excluding hydrogens is 332 g/mol. The SMILES string of the molecule is Oc1oc2nc1C=C1C=CC(=N1)C=c1ccc(n1O)=CC1=NC(=C2)C=C1. The van der Waals surface area contributed by atoms with E-state index in [2.05, 4.69) is 15.0 Å². The number of allylic oxidation sites excluding steroid dienone is 4. The van der Waals surface area contributed by atoms with Crippen molar-refractivity contribution < 1.29 is 14.7 Å². The summed E-state index contributed by atoms with van der Waals surface area (Å²) >= 11 is 0. The molecule has 0 amide bonds. The average molecular weight is 344 g/mol. The fourth-order valence-corrected chi connectivity index (χ4v) is 2.86. The topological polar surface area (TPSA) is 96.1 Å². The molecule has 5 heterocycles. The van der Waals surface area contributed by atoms with Crippen LogP contribution in [0.2, 0.25) is 0 Å². The smallest absolute Gasteiger partial charge is 0.310 e. The molecule has 0 saturated heterocycles. The van der Waals surface area contributed by atoms with Gasteiger partial charge in [0.1, 0.15) is 5.69 Å². The van der Waals surface area contributed by atoms with E-state index in [1.54, 1.807) is 48.6 Å². The van der Waals surface area contributed by atoms with Gasteiger partial charge >= 0.3 is 5.95 Å². The molecule has 26 heavy (non-hydrogen) atoms. The summed E-state index contributed by atoms with van der Waals surface area (Å²) in [6.07, 6.45) is 14.0. The molecule has 7 heteroatoms. The van der Waals surface area contributed by atoms with Crippen molar-refractivity contribution in [2.45, 2.75) is 0 Å². The summed E-state index contributed by atoms with van der Waals surface area (Å²) in [4.78, 5) is 13.1. The fourth-order valence-electron chi connectivity index (χ4n) is 2.86. The molecule has 2 aromatic rings. The van der Waals surface area contributed by atoms with Gasteiger partial charge < -0.3 is 14.7 Å². The van der Waals surface area contributed by atoms with Crippen LogP contribution in [0.25, 0.3) is 24.3 Å². The van der Waals surface area contributed by atoms with Crippen LogP contribution in [0.1, 0.15) is 11.6 Å². The Labute approximate surface area is 146 Å². The summed E-state index contributed by atoms with van der Waals surface area (Å²) in [5.41, 5.74) is 2.90. The molecule has 5 rings (SSSR count). The number of aliphatic imine (C=N–C) groups is 2. The predicted molar refractivity (Wildman–Crippen MR) is 97.1 cm³/mol. The van der Waals surface area contributed by atoms with E-state index in [9.17, 15) is 10.3 Å².